The summed E-state index contributed by atoms with van der Waals surface area (Å²) in [6, 6.07) is 17.4. The van der Waals surface area contributed by atoms with Gasteiger partial charge >= 0.3 is 0 Å². The minimum Gasteiger partial charge on any atom is -0.457 e. The molecule has 0 saturated carbocycles. The minimum atomic E-state index is -0.00965. The number of carbonyl (C=O) groups is 1. The highest BCUT2D eigenvalue weighted by molar-refractivity contribution is 5.98. The van der Waals surface area contributed by atoms with Crippen LogP contribution in [-0.4, -0.2) is 50.2 Å². The monoisotopic (exact) mass is 511 g/mol. The van der Waals surface area contributed by atoms with Crippen LogP contribution in [0.3, 0.4) is 0 Å². The lowest BCUT2D eigenvalue weighted by Crippen LogP contribution is -2.40. The largest absolute Gasteiger partial charge is 0.457 e. The Morgan fingerprint density at radius 1 is 1.05 bits per heavy atom. The van der Waals surface area contributed by atoms with Crippen LogP contribution in [0.2, 0.25) is 0 Å². The first-order chi connectivity index (χ1) is 18.6. The Labute approximate surface area is 222 Å². The highest BCUT2D eigenvalue weighted by Crippen LogP contribution is 2.34. The van der Waals surface area contributed by atoms with Gasteiger partial charge in [0.25, 0.3) is 0 Å². The van der Waals surface area contributed by atoms with E-state index in [1.54, 1.807) is 6.08 Å². The fourth-order valence-electron chi connectivity index (χ4n) is 4.81. The fourth-order valence-corrected chi connectivity index (χ4v) is 4.81. The summed E-state index contributed by atoms with van der Waals surface area (Å²) >= 11 is 0. The lowest BCUT2D eigenvalue weighted by atomic mass is 10.1. The minimum absolute atomic E-state index is 0.00965. The molecule has 1 atom stereocenters. The summed E-state index contributed by atoms with van der Waals surface area (Å²) in [6.45, 7) is 1.97. The van der Waals surface area contributed by atoms with Crippen LogP contribution >= 0.6 is 0 Å². The van der Waals surface area contributed by atoms with Crippen LogP contribution in [0.25, 0.3) is 22.3 Å². The molecule has 1 aliphatic heterocycles. The van der Waals surface area contributed by atoms with Crippen LogP contribution in [0.1, 0.15) is 38.1 Å². The first-order valence-corrected chi connectivity index (χ1v) is 13.1. The third-order valence-corrected chi connectivity index (χ3v) is 6.76. The average molecular weight is 512 g/mol. The highest BCUT2D eigenvalue weighted by Gasteiger charge is 2.28. The molecule has 3 heterocycles. The summed E-state index contributed by atoms with van der Waals surface area (Å²) in [5.74, 6) is 1.91. The third-order valence-electron chi connectivity index (χ3n) is 6.76. The molecule has 0 unspecified atom stereocenters. The fraction of sp³-hybridized carbons (Fsp3) is 0.310. The van der Waals surface area contributed by atoms with E-state index in [2.05, 4.69) is 9.97 Å². The van der Waals surface area contributed by atoms with E-state index in [-0.39, 0.29) is 11.9 Å². The van der Waals surface area contributed by atoms with Crippen LogP contribution in [0, 0.1) is 0 Å². The van der Waals surface area contributed by atoms with E-state index in [1.807, 2.05) is 70.3 Å². The molecule has 0 aliphatic carbocycles. The summed E-state index contributed by atoms with van der Waals surface area (Å²) in [5.41, 5.74) is 14.2. The van der Waals surface area contributed by atoms with Gasteiger partial charge in [0.2, 0.25) is 5.91 Å². The number of nitrogen functional groups attached to an aromatic ring is 1. The number of amides is 1. The van der Waals surface area contributed by atoms with Gasteiger partial charge in [-0.2, -0.15) is 5.10 Å². The molecule has 4 N–H and O–H groups in total. The molecule has 0 bridgehead atoms. The number of benzene rings is 2. The normalized spacial score (nSPS) is 15.8. The van der Waals surface area contributed by atoms with Gasteiger partial charge in [0.05, 0.1) is 11.4 Å². The van der Waals surface area contributed by atoms with Gasteiger partial charge in [-0.1, -0.05) is 24.3 Å². The summed E-state index contributed by atoms with van der Waals surface area (Å²) in [4.78, 5) is 23.5. The molecule has 1 amide bonds. The number of aromatic nitrogens is 4. The molecule has 38 heavy (non-hydrogen) atoms. The van der Waals surface area contributed by atoms with Crippen molar-refractivity contribution in [2.45, 2.75) is 38.1 Å². The van der Waals surface area contributed by atoms with Crippen molar-refractivity contribution in [1.29, 1.82) is 0 Å². The number of para-hydroxylation sites is 1. The van der Waals surface area contributed by atoms with Gasteiger partial charge in [0.15, 0.2) is 5.65 Å². The Bertz CT molecular complexity index is 1400. The first kappa shape index (κ1) is 25.4. The Kier molecular flexibility index (Phi) is 7.94. The van der Waals surface area contributed by atoms with Crippen LogP contribution in [-0.2, 0) is 4.79 Å². The number of anilines is 1. The zero-order chi connectivity index (χ0) is 26.3. The smallest absolute Gasteiger partial charge is 0.246 e. The van der Waals surface area contributed by atoms with Crippen molar-refractivity contribution in [2.24, 2.45) is 5.73 Å². The maximum Gasteiger partial charge on any atom is 0.246 e. The third kappa shape index (κ3) is 5.68. The first-order valence-electron chi connectivity index (χ1n) is 13.1. The molecule has 9 heteroatoms. The Morgan fingerprint density at radius 2 is 1.84 bits per heavy atom. The quantitative estimate of drug-likeness (QED) is 0.246. The molecule has 196 valence electrons. The predicted molar refractivity (Wildman–Crippen MR) is 149 cm³/mol. The van der Waals surface area contributed by atoms with E-state index >= 15 is 0 Å². The van der Waals surface area contributed by atoms with Crippen molar-refractivity contribution >= 4 is 22.8 Å². The molecule has 0 radical (unpaired) electrons. The number of allylic oxidation sites excluding steroid dienone is 1. The van der Waals surface area contributed by atoms with Gasteiger partial charge in [0, 0.05) is 18.7 Å². The number of unbranched alkanes of at least 4 members (excludes halogenated alkanes) is 2. The Hall–Kier alpha value is -4.24. The molecule has 1 aliphatic rings. The molecule has 0 spiro atoms. The van der Waals surface area contributed by atoms with Crippen molar-refractivity contribution in [3.63, 3.8) is 0 Å². The van der Waals surface area contributed by atoms with E-state index in [4.69, 9.17) is 21.3 Å². The summed E-state index contributed by atoms with van der Waals surface area (Å²) in [5, 5.41) is 5.69. The molecular formula is C29H33N7O2. The lowest BCUT2D eigenvalue weighted by Gasteiger charge is -2.32. The molecular weight excluding hydrogens is 478 g/mol. The summed E-state index contributed by atoms with van der Waals surface area (Å²) in [6.07, 6.45) is 9.70. The molecule has 9 nitrogen and oxygen atoms in total. The van der Waals surface area contributed by atoms with Crippen LogP contribution < -0.4 is 16.2 Å². The SMILES string of the molecule is NCCCC/C=C/C(=O)N1CCC[C@@H](n2nc(-c3ccc(Oc4ccccc4)cc3)c3c(N)ncnc32)C1. The van der Waals surface area contributed by atoms with Crippen LogP contribution in [0.15, 0.2) is 73.1 Å². The summed E-state index contributed by atoms with van der Waals surface area (Å²) < 4.78 is 7.86. The predicted octanol–water partition coefficient (Wildman–Crippen LogP) is 4.72. The van der Waals surface area contributed by atoms with Gasteiger partial charge in [0.1, 0.15) is 29.3 Å². The van der Waals surface area contributed by atoms with Gasteiger partial charge in [-0.05, 0) is 81.1 Å². The molecule has 5 rings (SSSR count). The number of hydrogen-bond acceptors (Lipinski definition) is 7. The number of rotatable bonds is 9. The zero-order valence-corrected chi connectivity index (χ0v) is 21.4. The molecule has 1 fully saturated rings. The number of piperidine rings is 1. The second-order valence-corrected chi connectivity index (χ2v) is 9.46. The number of likely N-dealkylation sites (tertiary alicyclic amines) is 1. The summed E-state index contributed by atoms with van der Waals surface area (Å²) in [7, 11) is 0. The average Bonchev–Trinajstić information content (AvgIpc) is 3.35. The van der Waals surface area contributed by atoms with Gasteiger partial charge < -0.3 is 21.1 Å². The van der Waals surface area contributed by atoms with Crippen molar-refractivity contribution < 1.29 is 9.53 Å². The van der Waals surface area contributed by atoms with Gasteiger partial charge in [-0.15, -0.1) is 0 Å². The molecule has 1 saturated heterocycles. The second-order valence-electron chi connectivity index (χ2n) is 9.46. The van der Waals surface area contributed by atoms with Crippen molar-refractivity contribution in [1.82, 2.24) is 24.6 Å². The number of nitrogens with two attached hydrogens (primary N) is 2. The second kappa shape index (κ2) is 11.9. The Balaban J connectivity index is 1.38. The number of carbonyl (C=O) groups excluding carboxylic acids is 1. The number of nitrogens with zero attached hydrogens (tertiary/aromatic N) is 5. The zero-order valence-electron chi connectivity index (χ0n) is 21.4. The van der Waals surface area contributed by atoms with Crippen LogP contribution in [0.5, 0.6) is 11.5 Å². The number of ether oxygens (including phenoxy) is 1. The lowest BCUT2D eigenvalue weighted by molar-refractivity contribution is -0.127. The van der Waals surface area contributed by atoms with E-state index < -0.39 is 0 Å². The van der Waals surface area contributed by atoms with Crippen molar-refractivity contribution in [3.05, 3.63) is 73.1 Å². The standard InChI is InChI=1S/C29H33N7O2/c30-17-7-2-1-6-12-25(37)35-18-8-9-22(19-35)36-29-26(28(31)32-20-33-29)27(34-36)21-13-15-24(16-14-21)38-23-10-4-3-5-11-23/h3-6,10-16,20,22H,1-2,7-9,17-19,30H2,(H2,31,32,33)/b12-6+/t22-/m1/s1. The van der Waals surface area contributed by atoms with Crippen molar-refractivity contribution in [2.75, 3.05) is 25.4 Å². The number of fused-ring (bicyclic) bond motifs is 1. The van der Waals surface area contributed by atoms with E-state index in [1.165, 1.54) is 6.33 Å². The molecule has 4 aromatic rings. The van der Waals surface area contributed by atoms with Crippen molar-refractivity contribution in [3.8, 4) is 22.8 Å². The van der Waals surface area contributed by atoms with E-state index in [0.29, 0.717) is 35.6 Å². The number of hydrogen-bond donors (Lipinski definition) is 2. The highest BCUT2D eigenvalue weighted by atomic mass is 16.5. The topological polar surface area (TPSA) is 125 Å². The Morgan fingerprint density at radius 3 is 2.63 bits per heavy atom. The van der Waals surface area contributed by atoms with Crippen LogP contribution in [0.4, 0.5) is 5.82 Å². The maximum absolute atomic E-state index is 12.8. The maximum atomic E-state index is 12.8. The van der Waals surface area contributed by atoms with E-state index in [0.717, 1.165) is 55.7 Å². The van der Waals surface area contributed by atoms with Gasteiger partial charge in [-0.25, -0.2) is 14.6 Å². The molecule has 2 aromatic heterocycles. The molecule has 2 aromatic carbocycles. The van der Waals surface area contributed by atoms with Gasteiger partial charge in [-0.3, -0.25) is 4.79 Å². The van der Waals surface area contributed by atoms with E-state index in [9.17, 15) is 4.79 Å².